The van der Waals surface area contributed by atoms with E-state index in [0.29, 0.717) is 30.3 Å². The van der Waals surface area contributed by atoms with E-state index in [0.717, 1.165) is 23.4 Å². The van der Waals surface area contributed by atoms with Crippen LogP contribution in [0.1, 0.15) is 21.5 Å². The molecule has 0 saturated carbocycles. The van der Waals surface area contributed by atoms with E-state index < -0.39 is 32.6 Å². The van der Waals surface area contributed by atoms with Gasteiger partial charge in [0.1, 0.15) is 17.3 Å². The van der Waals surface area contributed by atoms with E-state index >= 15 is 0 Å². The number of carbonyl (C=O) groups excluding carboxylic acids is 1. The van der Waals surface area contributed by atoms with Crippen LogP contribution < -0.4 is 14.2 Å². The van der Waals surface area contributed by atoms with Crippen LogP contribution in [0.15, 0.2) is 107 Å². The molecule has 0 fully saturated rings. The first-order valence-corrected chi connectivity index (χ1v) is 17.3. The molecule has 0 saturated heterocycles. The van der Waals surface area contributed by atoms with Crippen LogP contribution in [-0.4, -0.2) is 60.1 Å². The van der Waals surface area contributed by atoms with Crippen LogP contribution in [0.5, 0.6) is 11.5 Å². The van der Waals surface area contributed by atoms with E-state index in [2.05, 4.69) is 21.8 Å². The molecule has 0 radical (unpaired) electrons. The molecule has 44 heavy (non-hydrogen) atoms. The first-order chi connectivity index (χ1) is 21.1. The summed E-state index contributed by atoms with van der Waals surface area (Å²) in [6.45, 7) is 1.92. The minimum absolute atomic E-state index is 0.0643. The zero-order chi connectivity index (χ0) is 31.5. The Bertz CT molecular complexity index is 1640. The summed E-state index contributed by atoms with van der Waals surface area (Å²) in [6.07, 6.45) is 0. The Hall–Kier alpha value is -3.68. The third-order valence-corrected chi connectivity index (χ3v) is 9.69. The van der Waals surface area contributed by atoms with Gasteiger partial charge in [0.05, 0.1) is 19.1 Å². The van der Waals surface area contributed by atoms with E-state index in [1.54, 1.807) is 42.1 Å². The van der Waals surface area contributed by atoms with Crippen molar-refractivity contribution in [3.63, 3.8) is 0 Å². The number of ketones is 1. The predicted molar refractivity (Wildman–Crippen MR) is 173 cm³/mol. The summed E-state index contributed by atoms with van der Waals surface area (Å²) < 4.78 is 60.9. The molecule has 0 spiro atoms. The van der Waals surface area contributed by atoms with Gasteiger partial charge in [-0.05, 0) is 59.7 Å². The van der Waals surface area contributed by atoms with Crippen molar-refractivity contribution >= 4 is 44.3 Å². The lowest BCUT2D eigenvalue weighted by Gasteiger charge is -2.23. The normalized spacial score (nSPS) is 12.1. The minimum Gasteiger partial charge on any atom is -0.755 e. The monoisotopic (exact) mass is 653 g/mol. The number of thioether (sulfide) groups is 1. The fraction of sp³-hybridized carbons (Fsp3) is 0.219. The predicted octanol–water partition coefficient (Wildman–Crippen LogP) is 5.36. The van der Waals surface area contributed by atoms with Gasteiger partial charge in [0.25, 0.3) is 0 Å². The van der Waals surface area contributed by atoms with Crippen LogP contribution in [0, 0.1) is 0 Å². The molecule has 0 aromatic heterocycles. The summed E-state index contributed by atoms with van der Waals surface area (Å²) in [7, 11) is -0.981. The molecule has 9 nitrogen and oxygen atoms in total. The number of hydrogen-bond acceptors (Lipinski definition) is 9. The molecule has 1 unspecified atom stereocenters. The molecule has 0 heterocycles. The third kappa shape index (κ3) is 9.93. The summed E-state index contributed by atoms with van der Waals surface area (Å²) >= 11 is -0.647. The van der Waals surface area contributed by atoms with Crippen molar-refractivity contribution < 1.29 is 31.4 Å². The Kier molecular flexibility index (Phi) is 12.0. The molecule has 232 valence electrons. The molecule has 0 aliphatic carbocycles. The second-order valence-corrected chi connectivity index (χ2v) is 13.7. The summed E-state index contributed by atoms with van der Waals surface area (Å²) in [6, 6.07) is 28.5. The Balaban J connectivity index is 1.45. The number of sulfone groups is 1. The van der Waals surface area contributed by atoms with Gasteiger partial charge in [0.15, 0.2) is 15.6 Å². The highest BCUT2D eigenvalue weighted by Gasteiger charge is 2.22. The van der Waals surface area contributed by atoms with Gasteiger partial charge in [-0.2, -0.15) is 0 Å². The molecule has 12 heteroatoms. The number of Topliss-reactive ketones (excluding diaryl/α,β-unsaturated/α-hetero) is 1. The van der Waals surface area contributed by atoms with Crippen molar-refractivity contribution in [3.05, 3.63) is 114 Å². The van der Waals surface area contributed by atoms with E-state index in [1.807, 2.05) is 30.3 Å². The van der Waals surface area contributed by atoms with Crippen molar-refractivity contribution in [3.8, 4) is 11.5 Å². The van der Waals surface area contributed by atoms with Gasteiger partial charge in [-0.1, -0.05) is 42.5 Å². The van der Waals surface area contributed by atoms with E-state index in [9.17, 15) is 22.0 Å². The molecule has 4 aromatic rings. The van der Waals surface area contributed by atoms with Gasteiger partial charge in [0.2, 0.25) is 0 Å². The van der Waals surface area contributed by atoms with Gasteiger partial charge in [-0.15, -0.1) is 11.8 Å². The average Bonchev–Trinajstić information content (AvgIpc) is 3.02. The maximum Gasteiger partial charge on any atom is 0.185 e. The standard InChI is InChI=1S/C32H34N2O7S3/c1-40-28-18-26(19-29(20-28)41-2)32(35)23-44(38,39)31-14-10-25(11-15-31)22-34(16-17-42-30-6-4-3-5-7-30)21-24-8-12-27(13-9-24)33-43(36)37/h3-15,18-20,33H,16-17,21-23H2,1-2H3,(H,36,37)/p-1. The molecule has 4 aromatic carbocycles. The lowest BCUT2D eigenvalue weighted by Crippen LogP contribution is -2.25. The molecule has 0 aliphatic heterocycles. The number of anilines is 1. The molecule has 0 aliphatic rings. The second kappa shape index (κ2) is 15.9. The second-order valence-electron chi connectivity index (χ2n) is 9.83. The number of rotatable bonds is 16. The fourth-order valence-electron chi connectivity index (χ4n) is 4.42. The molecule has 1 N–H and O–H groups in total. The summed E-state index contributed by atoms with van der Waals surface area (Å²) in [4.78, 5) is 16.4. The Morgan fingerprint density at radius 3 is 1.98 bits per heavy atom. The van der Waals surface area contributed by atoms with Crippen molar-refractivity contribution in [1.82, 2.24) is 4.90 Å². The van der Waals surface area contributed by atoms with Gasteiger partial charge in [-0.25, -0.2) is 8.42 Å². The van der Waals surface area contributed by atoms with E-state index in [4.69, 9.17) is 9.47 Å². The molecule has 0 amide bonds. The van der Waals surface area contributed by atoms with Crippen LogP contribution in [0.2, 0.25) is 0 Å². The SMILES string of the molecule is COc1cc(OC)cc(C(=O)CS(=O)(=O)c2ccc(CN(CCSc3ccccc3)Cc3ccc(NS(=O)[O-])cc3)cc2)c1. The molecule has 1 atom stereocenters. The Morgan fingerprint density at radius 2 is 1.43 bits per heavy atom. The van der Waals surface area contributed by atoms with Crippen LogP contribution in [-0.2, 0) is 34.2 Å². The van der Waals surface area contributed by atoms with Gasteiger partial charge in [-0.3, -0.25) is 13.9 Å². The van der Waals surface area contributed by atoms with Crippen LogP contribution in [0.4, 0.5) is 5.69 Å². The largest absolute Gasteiger partial charge is 0.755 e. The number of ether oxygens (including phenoxy) is 2. The highest BCUT2D eigenvalue weighted by Crippen LogP contribution is 2.24. The summed E-state index contributed by atoms with van der Waals surface area (Å²) in [5.41, 5.74) is 2.59. The third-order valence-electron chi connectivity index (χ3n) is 6.66. The minimum atomic E-state index is -3.90. The Labute approximate surface area is 264 Å². The summed E-state index contributed by atoms with van der Waals surface area (Å²) in [5, 5.41) is 0. The number of nitrogens with one attached hydrogen (secondary N) is 1. The van der Waals surface area contributed by atoms with E-state index in [-0.39, 0.29) is 10.5 Å². The van der Waals surface area contributed by atoms with Crippen molar-refractivity contribution in [2.45, 2.75) is 22.9 Å². The zero-order valence-corrected chi connectivity index (χ0v) is 26.8. The molecule has 0 bridgehead atoms. The molecular formula is C32H33N2O7S3-. The van der Waals surface area contributed by atoms with Gasteiger partial charge < -0.3 is 18.7 Å². The number of hydrogen-bond donors (Lipinski definition) is 1. The Morgan fingerprint density at radius 1 is 0.864 bits per heavy atom. The van der Waals surface area contributed by atoms with Crippen LogP contribution in [0.25, 0.3) is 0 Å². The van der Waals surface area contributed by atoms with Crippen molar-refractivity contribution in [1.29, 1.82) is 0 Å². The van der Waals surface area contributed by atoms with Gasteiger partial charge in [0, 0.05) is 58.9 Å². The fourth-order valence-corrected chi connectivity index (χ4v) is 6.92. The first kappa shape index (κ1) is 33.2. The zero-order valence-electron chi connectivity index (χ0n) is 24.3. The number of carbonyl (C=O) groups is 1. The average molecular weight is 654 g/mol. The maximum atomic E-state index is 13.1. The summed E-state index contributed by atoms with van der Waals surface area (Å²) in [5.74, 6) is 0.384. The quantitative estimate of drug-likeness (QED) is 0.0967. The highest BCUT2D eigenvalue weighted by atomic mass is 32.2. The number of methoxy groups -OCH3 is 2. The number of nitrogens with zero attached hydrogens (tertiary/aromatic N) is 1. The number of benzene rings is 4. The lowest BCUT2D eigenvalue weighted by atomic mass is 10.1. The molecular weight excluding hydrogens is 621 g/mol. The lowest BCUT2D eigenvalue weighted by molar-refractivity contribution is 0.102. The van der Waals surface area contributed by atoms with Crippen LogP contribution in [0.3, 0.4) is 0 Å². The highest BCUT2D eigenvalue weighted by molar-refractivity contribution is 7.99. The molecule has 4 rings (SSSR count). The van der Waals surface area contributed by atoms with Crippen molar-refractivity contribution in [2.24, 2.45) is 0 Å². The van der Waals surface area contributed by atoms with Crippen LogP contribution >= 0.6 is 11.8 Å². The maximum absolute atomic E-state index is 13.1. The van der Waals surface area contributed by atoms with Gasteiger partial charge >= 0.3 is 0 Å². The van der Waals surface area contributed by atoms with E-state index in [1.165, 1.54) is 43.4 Å². The smallest absolute Gasteiger partial charge is 0.185 e. The first-order valence-electron chi connectivity index (χ1n) is 13.6. The van der Waals surface area contributed by atoms with Crippen molar-refractivity contribution in [2.75, 3.05) is 37.0 Å². The topological polar surface area (TPSA) is 125 Å².